The zero-order valence-electron chi connectivity index (χ0n) is 12.8. The van der Waals surface area contributed by atoms with E-state index in [4.69, 9.17) is 9.47 Å². The van der Waals surface area contributed by atoms with Crippen molar-refractivity contribution in [3.63, 3.8) is 0 Å². The standard InChI is InChI=1S/C17H11N3O3S2/c21-15(16-18-9-3-1-2-4-13(9)24-16)20-17-19-10-7-11-12(8-14(10)25-17)23-6-5-22-11/h1-4,7-8H,5-6H2,(H,19,20,21). The summed E-state index contributed by atoms with van der Waals surface area (Å²) < 4.78 is 13.1. The lowest BCUT2D eigenvalue weighted by Gasteiger charge is -2.17. The summed E-state index contributed by atoms with van der Waals surface area (Å²) in [5, 5.41) is 3.79. The summed E-state index contributed by atoms with van der Waals surface area (Å²) in [6, 6.07) is 11.4. The van der Waals surface area contributed by atoms with Crippen LogP contribution in [0.2, 0.25) is 0 Å². The highest BCUT2D eigenvalue weighted by molar-refractivity contribution is 7.22. The summed E-state index contributed by atoms with van der Waals surface area (Å²) >= 11 is 2.76. The first-order valence-corrected chi connectivity index (χ1v) is 9.27. The number of nitrogens with one attached hydrogen (secondary N) is 1. The number of hydrogen-bond acceptors (Lipinski definition) is 7. The Morgan fingerprint density at radius 2 is 1.76 bits per heavy atom. The van der Waals surface area contributed by atoms with Crippen LogP contribution in [0.25, 0.3) is 20.4 Å². The number of thiazole rings is 2. The molecule has 25 heavy (non-hydrogen) atoms. The number of carbonyl (C=O) groups excluding carboxylic acids is 1. The van der Waals surface area contributed by atoms with E-state index in [9.17, 15) is 4.79 Å². The number of hydrogen-bond donors (Lipinski definition) is 1. The fourth-order valence-electron chi connectivity index (χ4n) is 2.64. The molecule has 6 nitrogen and oxygen atoms in total. The first-order chi connectivity index (χ1) is 12.3. The Kier molecular flexibility index (Phi) is 3.32. The Morgan fingerprint density at radius 1 is 0.960 bits per heavy atom. The highest BCUT2D eigenvalue weighted by Crippen LogP contribution is 2.38. The molecule has 8 heteroatoms. The minimum Gasteiger partial charge on any atom is -0.486 e. The molecule has 0 saturated heterocycles. The van der Waals surface area contributed by atoms with E-state index in [-0.39, 0.29) is 5.91 Å². The van der Waals surface area contributed by atoms with Crippen molar-refractivity contribution in [1.29, 1.82) is 0 Å². The number of fused-ring (bicyclic) bond motifs is 3. The Bertz CT molecular complexity index is 1040. The number of rotatable bonds is 2. The molecule has 5 rings (SSSR count). The third-order valence-corrected chi connectivity index (χ3v) is 5.73. The monoisotopic (exact) mass is 369 g/mol. The van der Waals surface area contributed by atoms with Crippen LogP contribution in [0.4, 0.5) is 5.13 Å². The number of amides is 1. The second-order valence-electron chi connectivity index (χ2n) is 5.42. The molecular weight excluding hydrogens is 358 g/mol. The van der Waals surface area contributed by atoms with Gasteiger partial charge < -0.3 is 9.47 Å². The predicted octanol–water partition coefficient (Wildman–Crippen LogP) is 3.93. The molecule has 0 bridgehead atoms. The van der Waals surface area contributed by atoms with Crippen molar-refractivity contribution in [1.82, 2.24) is 9.97 Å². The third-order valence-electron chi connectivity index (χ3n) is 3.76. The Balaban J connectivity index is 1.45. The lowest BCUT2D eigenvalue weighted by Crippen LogP contribution is -2.15. The molecular formula is C17H11N3O3S2. The van der Waals surface area contributed by atoms with Gasteiger partial charge in [-0.05, 0) is 12.1 Å². The molecule has 0 radical (unpaired) electrons. The van der Waals surface area contributed by atoms with Crippen molar-refractivity contribution in [3.8, 4) is 11.5 Å². The molecule has 3 heterocycles. The molecule has 2 aromatic heterocycles. The quantitative estimate of drug-likeness (QED) is 0.580. The number of nitrogens with zero attached hydrogens (tertiary/aromatic N) is 2. The van der Waals surface area contributed by atoms with Gasteiger partial charge in [-0.3, -0.25) is 10.1 Å². The van der Waals surface area contributed by atoms with Crippen LogP contribution in [-0.2, 0) is 0 Å². The van der Waals surface area contributed by atoms with Crippen molar-refractivity contribution >= 4 is 54.1 Å². The van der Waals surface area contributed by atoms with Gasteiger partial charge in [-0.15, -0.1) is 11.3 Å². The lowest BCUT2D eigenvalue weighted by atomic mass is 10.3. The average Bonchev–Trinajstić information content (AvgIpc) is 3.22. The largest absolute Gasteiger partial charge is 0.486 e. The fraction of sp³-hybridized carbons (Fsp3) is 0.118. The van der Waals surface area contributed by atoms with Crippen molar-refractivity contribution in [3.05, 3.63) is 41.4 Å². The second kappa shape index (κ2) is 5.68. The molecule has 1 aliphatic heterocycles. The highest BCUT2D eigenvalue weighted by atomic mass is 32.1. The van der Waals surface area contributed by atoms with Crippen LogP contribution in [0.15, 0.2) is 36.4 Å². The van der Waals surface area contributed by atoms with Crippen LogP contribution in [-0.4, -0.2) is 29.1 Å². The maximum absolute atomic E-state index is 12.5. The lowest BCUT2D eigenvalue weighted by molar-refractivity contribution is 0.102. The van der Waals surface area contributed by atoms with Crippen molar-refractivity contribution in [2.75, 3.05) is 18.5 Å². The van der Waals surface area contributed by atoms with E-state index in [1.54, 1.807) is 0 Å². The number of aromatic nitrogens is 2. The Labute approximate surface area is 150 Å². The van der Waals surface area contributed by atoms with Gasteiger partial charge in [0, 0.05) is 12.1 Å². The minimum absolute atomic E-state index is 0.252. The summed E-state index contributed by atoms with van der Waals surface area (Å²) in [6.45, 7) is 1.07. The fourth-order valence-corrected chi connectivity index (χ4v) is 4.37. The van der Waals surface area contributed by atoms with Gasteiger partial charge in [0.15, 0.2) is 21.6 Å². The van der Waals surface area contributed by atoms with Crippen molar-refractivity contribution in [2.45, 2.75) is 0 Å². The molecule has 2 aromatic carbocycles. The van der Waals surface area contributed by atoms with Gasteiger partial charge in [0.2, 0.25) is 0 Å². The number of ether oxygens (including phenoxy) is 2. The molecule has 0 unspecified atom stereocenters. The Hall–Kier alpha value is -2.71. The van der Waals surface area contributed by atoms with Crippen molar-refractivity contribution < 1.29 is 14.3 Å². The Morgan fingerprint density at radius 3 is 2.60 bits per heavy atom. The summed E-state index contributed by atoms with van der Waals surface area (Å²) in [5.41, 5.74) is 1.60. The number of anilines is 1. The average molecular weight is 369 g/mol. The SMILES string of the molecule is O=C(Nc1nc2cc3c(cc2s1)OCCO3)c1nc2ccccc2s1. The van der Waals surface area contributed by atoms with Gasteiger partial charge in [-0.25, -0.2) is 9.97 Å². The van der Waals surface area contributed by atoms with E-state index in [0.29, 0.717) is 34.9 Å². The van der Waals surface area contributed by atoms with E-state index in [2.05, 4.69) is 15.3 Å². The molecule has 0 spiro atoms. The molecule has 4 aromatic rings. The van der Waals surface area contributed by atoms with Crippen LogP contribution in [0, 0.1) is 0 Å². The van der Waals surface area contributed by atoms with Crippen LogP contribution in [0.3, 0.4) is 0 Å². The van der Waals surface area contributed by atoms with E-state index in [1.807, 2.05) is 36.4 Å². The van der Waals surface area contributed by atoms with Crippen LogP contribution in [0.5, 0.6) is 11.5 Å². The predicted molar refractivity (Wildman–Crippen MR) is 98.2 cm³/mol. The van der Waals surface area contributed by atoms with Gasteiger partial charge in [0.05, 0.1) is 20.4 Å². The van der Waals surface area contributed by atoms with E-state index in [0.717, 1.165) is 20.4 Å². The molecule has 0 aliphatic carbocycles. The summed E-state index contributed by atoms with van der Waals surface area (Å²) in [6.07, 6.45) is 0. The smallest absolute Gasteiger partial charge is 0.286 e. The van der Waals surface area contributed by atoms with E-state index >= 15 is 0 Å². The maximum atomic E-state index is 12.5. The molecule has 0 saturated carbocycles. The number of benzene rings is 2. The van der Waals surface area contributed by atoms with Crippen molar-refractivity contribution in [2.24, 2.45) is 0 Å². The first-order valence-electron chi connectivity index (χ1n) is 7.63. The molecule has 124 valence electrons. The van der Waals surface area contributed by atoms with E-state index in [1.165, 1.54) is 22.7 Å². The second-order valence-corrected chi connectivity index (χ2v) is 7.48. The normalized spacial score (nSPS) is 13.3. The summed E-state index contributed by atoms with van der Waals surface area (Å²) in [5.74, 6) is 1.15. The number of para-hydroxylation sites is 1. The zero-order chi connectivity index (χ0) is 16.8. The van der Waals surface area contributed by atoms with Crippen LogP contribution >= 0.6 is 22.7 Å². The van der Waals surface area contributed by atoms with Gasteiger partial charge in [0.25, 0.3) is 5.91 Å². The summed E-state index contributed by atoms with van der Waals surface area (Å²) in [4.78, 5) is 21.3. The van der Waals surface area contributed by atoms with Crippen LogP contribution < -0.4 is 14.8 Å². The topological polar surface area (TPSA) is 73.3 Å². The maximum Gasteiger partial charge on any atom is 0.286 e. The zero-order valence-corrected chi connectivity index (χ0v) is 14.4. The van der Waals surface area contributed by atoms with Gasteiger partial charge in [-0.2, -0.15) is 0 Å². The molecule has 1 aliphatic rings. The van der Waals surface area contributed by atoms with Gasteiger partial charge in [-0.1, -0.05) is 23.5 Å². The van der Waals surface area contributed by atoms with Gasteiger partial charge in [0.1, 0.15) is 13.2 Å². The molecule has 1 N–H and O–H groups in total. The van der Waals surface area contributed by atoms with Crippen LogP contribution in [0.1, 0.15) is 9.80 Å². The third kappa shape index (κ3) is 2.59. The first kappa shape index (κ1) is 14.6. The molecule has 0 fully saturated rings. The number of carbonyl (C=O) groups is 1. The molecule has 1 amide bonds. The van der Waals surface area contributed by atoms with E-state index < -0.39 is 0 Å². The minimum atomic E-state index is -0.252. The summed E-state index contributed by atoms with van der Waals surface area (Å²) in [7, 11) is 0. The van der Waals surface area contributed by atoms with Gasteiger partial charge >= 0.3 is 0 Å². The molecule has 0 atom stereocenters. The highest BCUT2D eigenvalue weighted by Gasteiger charge is 2.17.